The van der Waals surface area contributed by atoms with Crippen molar-refractivity contribution in [1.82, 2.24) is 5.32 Å². The lowest BCUT2D eigenvalue weighted by Crippen LogP contribution is -2.36. The van der Waals surface area contributed by atoms with Crippen LogP contribution < -0.4 is 10.6 Å². The zero-order chi connectivity index (χ0) is 19.3. The predicted octanol–water partition coefficient (Wildman–Crippen LogP) is 5.46. The SMILES string of the molecule is Cc1ccc(NC(=S)NC(=O)C(C)c2ccc(CC(C)C)cc2)cc1Cl. The molecular weight excluding hydrogens is 364 g/mol. The zero-order valence-electron chi connectivity index (χ0n) is 15.6. The van der Waals surface area contributed by atoms with Crippen LogP contribution in [0.2, 0.25) is 5.02 Å². The summed E-state index contributed by atoms with van der Waals surface area (Å²) >= 11 is 11.3. The van der Waals surface area contributed by atoms with Gasteiger partial charge in [-0.05, 0) is 67.2 Å². The van der Waals surface area contributed by atoms with E-state index in [-0.39, 0.29) is 16.9 Å². The third-order valence-electron chi connectivity index (χ3n) is 4.18. The van der Waals surface area contributed by atoms with Crippen molar-refractivity contribution < 1.29 is 4.79 Å². The molecule has 0 bridgehead atoms. The predicted molar refractivity (Wildman–Crippen MR) is 114 cm³/mol. The maximum absolute atomic E-state index is 12.5. The van der Waals surface area contributed by atoms with Crippen LogP contribution in [-0.4, -0.2) is 11.0 Å². The Morgan fingerprint density at radius 1 is 1.12 bits per heavy atom. The van der Waals surface area contributed by atoms with Crippen LogP contribution >= 0.6 is 23.8 Å². The number of carbonyl (C=O) groups excluding carboxylic acids is 1. The minimum atomic E-state index is -0.288. The van der Waals surface area contributed by atoms with Crippen LogP contribution in [0.3, 0.4) is 0 Å². The van der Waals surface area contributed by atoms with Gasteiger partial charge in [-0.2, -0.15) is 0 Å². The van der Waals surface area contributed by atoms with Crippen molar-refractivity contribution in [2.45, 2.75) is 40.0 Å². The minimum absolute atomic E-state index is 0.141. The quantitative estimate of drug-likeness (QED) is 0.668. The Labute approximate surface area is 166 Å². The summed E-state index contributed by atoms with van der Waals surface area (Å²) in [5, 5.41) is 6.65. The minimum Gasteiger partial charge on any atom is -0.332 e. The molecule has 138 valence electrons. The van der Waals surface area contributed by atoms with Crippen LogP contribution in [0.25, 0.3) is 0 Å². The van der Waals surface area contributed by atoms with E-state index in [0.29, 0.717) is 10.9 Å². The molecule has 0 aliphatic rings. The lowest BCUT2D eigenvalue weighted by Gasteiger charge is -2.15. The van der Waals surface area contributed by atoms with Crippen molar-refractivity contribution >= 4 is 40.5 Å². The van der Waals surface area contributed by atoms with E-state index in [0.717, 1.165) is 23.2 Å². The first-order chi connectivity index (χ1) is 12.3. The summed E-state index contributed by atoms with van der Waals surface area (Å²) in [6.07, 6.45) is 1.04. The zero-order valence-corrected chi connectivity index (χ0v) is 17.2. The smallest absolute Gasteiger partial charge is 0.233 e. The molecule has 3 nitrogen and oxygen atoms in total. The van der Waals surface area contributed by atoms with Gasteiger partial charge in [-0.1, -0.05) is 55.8 Å². The Kier molecular flexibility index (Phi) is 7.18. The van der Waals surface area contributed by atoms with E-state index in [4.69, 9.17) is 23.8 Å². The van der Waals surface area contributed by atoms with E-state index in [9.17, 15) is 4.79 Å². The summed E-state index contributed by atoms with van der Waals surface area (Å²) in [7, 11) is 0. The number of aryl methyl sites for hydroxylation is 1. The molecule has 0 saturated heterocycles. The number of carbonyl (C=O) groups is 1. The van der Waals surface area contributed by atoms with Gasteiger partial charge >= 0.3 is 0 Å². The van der Waals surface area contributed by atoms with Gasteiger partial charge in [-0.25, -0.2) is 0 Å². The fraction of sp³-hybridized carbons (Fsp3) is 0.333. The molecule has 1 amide bonds. The van der Waals surface area contributed by atoms with Crippen LogP contribution in [-0.2, 0) is 11.2 Å². The Hall–Kier alpha value is -1.91. The van der Waals surface area contributed by atoms with Crippen molar-refractivity contribution in [2.24, 2.45) is 5.92 Å². The maximum atomic E-state index is 12.5. The van der Waals surface area contributed by atoms with E-state index >= 15 is 0 Å². The number of thiocarbonyl (C=S) groups is 1. The third kappa shape index (κ3) is 5.82. The van der Waals surface area contributed by atoms with Crippen molar-refractivity contribution in [3.8, 4) is 0 Å². The number of hydrogen-bond acceptors (Lipinski definition) is 2. The second kappa shape index (κ2) is 9.15. The molecule has 26 heavy (non-hydrogen) atoms. The highest BCUT2D eigenvalue weighted by Crippen LogP contribution is 2.20. The Balaban J connectivity index is 1.95. The summed E-state index contributed by atoms with van der Waals surface area (Å²) in [6.45, 7) is 8.19. The molecule has 0 radical (unpaired) electrons. The van der Waals surface area contributed by atoms with Gasteiger partial charge in [0.15, 0.2) is 5.11 Å². The molecule has 0 aromatic heterocycles. The summed E-state index contributed by atoms with van der Waals surface area (Å²) in [6, 6.07) is 13.8. The Bertz CT molecular complexity index is 787. The second-order valence-corrected chi connectivity index (χ2v) is 7.78. The average molecular weight is 389 g/mol. The van der Waals surface area contributed by atoms with Gasteiger partial charge in [0.05, 0.1) is 5.92 Å². The van der Waals surface area contributed by atoms with Crippen LogP contribution in [0, 0.1) is 12.8 Å². The molecule has 0 heterocycles. The third-order valence-corrected chi connectivity index (χ3v) is 4.79. The molecule has 1 unspecified atom stereocenters. The van der Waals surface area contributed by atoms with Gasteiger partial charge < -0.3 is 10.6 Å². The Morgan fingerprint density at radius 2 is 1.77 bits per heavy atom. The lowest BCUT2D eigenvalue weighted by molar-refractivity contribution is -0.120. The van der Waals surface area contributed by atoms with Crippen molar-refractivity contribution in [3.63, 3.8) is 0 Å². The normalized spacial score (nSPS) is 11.9. The molecule has 2 rings (SSSR count). The first kappa shape index (κ1) is 20.4. The van der Waals surface area contributed by atoms with Gasteiger partial charge in [-0.3, -0.25) is 4.79 Å². The van der Waals surface area contributed by atoms with E-state index in [1.807, 2.05) is 38.1 Å². The van der Waals surface area contributed by atoms with E-state index in [1.165, 1.54) is 5.56 Å². The molecule has 2 aromatic rings. The summed E-state index contributed by atoms with van der Waals surface area (Å²) in [4.78, 5) is 12.5. The van der Waals surface area contributed by atoms with E-state index in [1.54, 1.807) is 6.07 Å². The molecule has 0 spiro atoms. The number of benzene rings is 2. The molecule has 5 heteroatoms. The molecule has 0 fully saturated rings. The van der Waals surface area contributed by atoms with Gasteiger partial charge in [0.2, 0.25) is 5.91 Å². The highest BCUT2D eigenvalue weighted by Gasteiger charge is 2.16. The summed E-state index contributed by atoms with van der Waals surface area (Å²) in [5.41, 5.74) is 3.99. The molecular formula is C21H25ClN2OS. The Morgan fingerprint density at radius 3 is 2.35 bits per heavy atom. The molecule has 1 atom stereocenters. The molecule has 2 N–H and O–H groups in total. The number of amides is 1. The van der Waals surface area contributed by atoms with Crippen LogP contribution in [0.5, 0.6) is 0 Å². The van der Waals surface area contributed by atoms with Gasteiger partial charge in [0.1, 0.15) is 0 Å². The van der Waals surface area contributed by atoms with Crippen molar-refractivity contribution in [1.29, 1.82) is 0 Å². The van der Waals surface area contributed by atoms with Gasteiger partial charge in [-0.15, -0.1) is 0 Å². The second-order valence-electron chi connectivity index (χ2n) is 6.97. The van der Waals surface area contributed by atoms with Crippen molar-refractivity contribution in [2.75, 3.05) is 5.32 Å². The molecule has 2 aromatic carbocycles. The van der Waals surface area contributed by atoms with Crippen LogP contribution in [0.4, 0.5) is 5.69 Å². The molecule has 0 saturated carbocycles. The highest BCUT2D eigenvalue weighted by atomic mass is 35.5. The summed E-state index contributed by atoms with van der Waals surface area (Å²) < 4.78 is 0. The van der Waals surface area contributed by atoms with Crippen LogP contribution in [0.15, 0.2) is 42.5 Å². The number of anilines is 1. The first-order valence-corrected chi connectivity index (χ1v) is 9.51. The van der Waals surface area contributed by atoms with Crippen LogP contribution in [0.1, 0.15) is 43.4 Å². The standard InChI is InChI=1S/C21H25ClN2OS/c1-13(2)11-16-6-8-17(9-7-16)15(4)20(25)24-21(26)23-18-10-5-14(3)19(22)12-18/h5-10,12-13,15H,11H2,1-4H3,(H2,23,24,25,26). The molecule has 0 aliphatic heterocycles. The summed E-state index contributed by atoms with van der Waals surface area (Å²) in [5.74, 6) is 0.182. The maximum Gasteiger partial charge on any atom is 0.233 e. The van der Waals surface area contributed by atoms with E-state index < -0.39 is 0 Å². The van der Waals surface area contributed by atoms with Gasteiger partial charge in [0, 0.05) is 10.7 Å². The largest absolute Gasteiger partial charge is 0.332 e. The van der Waals surface area contributed by atoms with Gasteiger partial charge in [0.25, 0.3) is 0 Å². The fourth-order valence-corrected chi connectivity index (χ4v) is 3.02. The molecule has 0 aliphatic carbocycles. The lowest BCUT2D eigenvalue weighted by atomic mass is 9.96. The number of hydrogen-bond donors (Lipinski definition) is 2. The fourth-order valence-electron chi connectivity index (χ4n) is 2.62. The number of rotatable bonds is 5. The van der Waals surface area contributed by atoms with E-state index in [2.05, 4.69) is 36.6 Å². The first-order valence-electron chi connectivity index (χ1n) is 8.73. The average Bonchev–Trinajstić information content (AvgIpc) is 2.57. The number of halogens is 1. The monoisotopic (exact) mass is 388 g/mol. The topological polar surface area (TPSA) is 41.1 Å². The van der Waals surface area contributed by atoms with Crippen molar-refractivity contribution in [3.05, 3.63) is 64.2 Å². The number of nitrogens with one attached hydrogen (secondary N) is 2. The highest BCUT2D eigenvalue weighted by molar-refractivity contribution is 7.80.